The first kappa shape index (κ1) is 27.0. The van der Waals surface area contributed by atoms with E-state index in [1.807, 2.05) is 4.90 Å². The van der Waals surface area contributed by atoms with Crippen LogP contribution in [0.15, 0.2) is 53.8 Å². The van der Waals surface area contributed by atoms with Crippen LogP contribution in [0.3, 0.4) is 0 Å². The lowest BCUT2D eigenvalue weighted by Crippen LogP contribution is -2.34. The van der Waals surface area contributed by atoms with Crippen LogP contribution in [0.2, 0.25) is 0 Å². The molecule has 2 atom stereocenters. The van der Waals surface area contributed by atoms with Gasteiger partial charge in [-0.1, -0.05) is 0 Å². The highest BCUT2D eigenvalue weighted by Crippen LogP contribution is 2.48. The highest BCUT2D eigenvalue weighted by Gasteiger charge is 2.34. The van der Waals surface area contributed by atoms with E-state index in [-0.39, 0.29) is 28.3 Å². The smallest absolute Gasteiger partial charge is 0.256 e. The van der Waals surface area contributed by atoms with Crippen LogP contribution in [-0.2, 0) is 0 Å². The molecular formula is C32H30FN7O3. The van der Waals surface area contributed by atoms with Gasteiger partial charge in [0.15, 0.2) is 17.3 Å². The van der Waals surface area contributed by atoms with Gasteiger partial charge in [0.05, 0.1) is 28.4 Å². The topological polar surface area (TPSA) is 116 Å². The number of nitriles is 1. The Morgan fingerprint density at radius 3 is 2.88 bits per heavy atom. The van der Waals surface area contributed by atoms with Crippen molar-refractivity contribution in [1.29, 1.82) is 5.26 Å². The number of fused-ring (bicyclic) bond motifs is 2. The molecule has 0 radical (unpaired) electrons. The van der Waals surface area contributed by atoms with Crippen LogP contribution in [-0.4, -0.2) is 64.6 Å². The number of amides is 1. The standard InChI is InChI=1S/C32H30FN7O3/c1-38-11-2-3-21(38)6-8-37-32(42)23-18-40-26-13-19(15-34)4-5-27(26)43-31-28(40)22(30(23)41)14-24(33)29(31)39-12-7-20(17-39)25-16-35-9-10-36-25/h4-5,9-10,13-14,16,18,20-21H,2-3,6-8,11-12,17H2,1H3,(H,37,42). The maximum atomic E-state index is 16.1. The highest BCUT2D eigenvalue weighted by molar-refractivity contribution is 6.01. The van der Waals surface area contributed by atoms with E-state index in [0.29, 0.717) is 48.2 Å². The molecule has 0 bridgehead atoms. The number of nitrogens with one attached hydrogen (secondary N) is 1. The number of nitrogens with zero attached hydrogens (tertiary/aromatic N) is 6. The van der Waals surface area contributed by atoms with Crippen molar-refractivity contribution in [2.45, 2.75) is 37.6 Å². The average molecular weight is 580 g/mol. The monoisotopic (exact) mass is 579 g/mol. The average Bonchev–Trinajstić information content (AvgIpc) is 3.67. The molecule has 11 heteroatoms. The molecule has 0 saturated carbocycles. The van der Waals surface area contributed by atoms with Gasteiger partial charge in [-0.25, -0.2) is 4.39 Å². The van der Waals surface area contributed by atoms with Gasteiger partial charge >= 0.3 is 0 Å². The Hall–Kier alpha value is -4.82. The van der Waals surface area contributed by atoms with E-state index >= 15 is 4.39 Å². The fourth-order valence-electron chi connectivity index (χ4n) is 6.65. The summed E-state index contributed by atoms with van der Waals surface area (Å²) < 4.78 is 24.1. The van der Waals surface area contributed by atoms with Gasteiger partial charge in [-0.05, 0) is 63.5 Å². The number of ether oxygens (including phenoxy) is 1. The summed E-state index contributed by atoms with van der Waals surface area (Å²) in [6.07, 6.45) is 10.2. The fourth-order valence-corrected chi connectivity index (χ4v) is 6.65. The van der Waals surface area contributed by atoms with Crippen molar-refractivity contribution in [3.8, 4) is 23.3 Å². The van der Waals surface area contributed by atoms with Gasteiger partial charge in [-0.15, -0.1) is 0 Å². The maximum absolute atomic E-state index is 16.1. The zero-order valence-electron chi connectivity index (χ0n) is 23.7. The Labute approximate surface area is 247 Å². The lowest BCUT2D eigenvalue weighted by molar-refractivity contribution is 0.0949. The number of pyridine rings is 1. The van der Waals surface area contributed by atoms with Gasteiger partial charge in [0.1, 0.15) is 16.8 Å². The highest BCUT2D eigenvalue weighted by atomic mass is 19.1. The van der Waals surface area contributed by atoms with Crippen LogP contribution < -0.4 is 20.4 Å². The summed E-state index contributed by atoms with van der Waals surface area (Å²) in [5.74, 6) is -0.464. The van der Waals surface area contributed by atoms with Crippen molar-refractivity contribution >= 4 is 22.5 Å². The maximum Gasteiger partial charge on any atom is 0.256 e. The largest absolute Gasteiger partial charge is 0.451 e. The molecule has 10 nitrogen and oxygen atoms in total. The molecular weight excluding hydrogens is 549 g/mol. The quantitative estimate of drug-likeness (QED) is 0.320. The molecule has 4 aromatic rings. The van der Waals surface area contributed by atoms with Crippen LogP contribution in [0.1, 0.15) is 53.2 Å². The van der Waals surface area contributed by atoms with Gasteiger partial charge in [0.2, 0.25) is 5.43 Å². The molecule has 43 heavy (non-hydrogen) atoms. The number of likely N-dealkylation sites (tertiary alicyclic amines) is 1. The first-order valence-electron chi connectivity index (χ1n) is 14.6. The van der Waals surface area contributed by atoms with Crippen LogP contribution in [0.25, 0.3) is 16.6 Å². The van der Waals surface area contributed by atoms with E-state index < -0.39 is 17.2 Å². The molecule has 2 aromatic heterocycles. The summed E-state index contributed by atoms with van der Waals surface area (Å²) >= 11 is 0. The second-order valence-corrected chi connectivity index (χ2v) is 11.5. The molecule has 0 spiro atoms. The summed E-state index contributed by atoms with van der Waals surface area (Å²) in [6.45, 7) is 2.51. The number of benzene rings is 2. The van der Waals surface area contributed by atoms with Crippen molar-refractivity contribution in [3.05, 3.63) is 81.9 Å². The van der Waals surface area contributed by atoms with Gasteiger partial charge in [0, 0.05) is 56.4 Å². The third-order valence-corrected chi connectivity index (χ3v) is 8.92. The molecule has 5 heterocycles. The van der Waals surface area contributed by atoms with E-state index in [1.165, 1.54) is 12.3 Å². The number of aromatic nitrogens is 3. The van der Waals surface area contributed by atoms with Crippen LogP contribution in [0.4, 0.5) is 10.1 Å². The molecule has 218 valence electrons. The normalized spacial score (nSPS) is 19.2. The molecule has 3 aliphatic heterocycles. The molecule has 2 saturated heterocycles. The Bertz CT molecular complexity index is 1850. The lowest BCUT2D eigenvalue weighted by Gasteiger charge is -2.29. The first-order chi connectivity index (χ1) is 20.9. The molecule has 0 aliphatic carbocycles. The lowest BCUT2D eigenvalue weighted by atomic mass is 10.0. The molecule has 7 rings (SSSR count). The van der Waals surface area contributed by atoms with E-state index in [9.17, 15) is 14.9 Å². The summed E-state index contributed by atoms with van der Waals surface area (Å²) in [7, 11) is 2.08. The molecule has 2 fully saturated rings. The zero-order chi connectivity index (χ0) is 29.7. The van der Waals surface area contributed by atoms with Crippen LogP contribution >= 0.6 is 0 Å². The van der Waals surface area contributed by atoms with Gasteiger partial charge in [-0.2, -0.15) is 5.26 Å². The van der Waals surface area contributed by atoms with Crippen molar-refractivity contribution in [3.63, 3.8) is 0 Å². The minimum atomic E-state index is -0.607. The zero-order valence-corrected chi connectivity index (χ0v) is 23.7. The van der Waals surface area contributed by atoms with Crippen molar-refractivity contribution in [2.24, 2.45) is 0 Å². The fraction of sp³-hybridized carbons (Fsp3) is 0.344. The minimum Gasteiger partial charge on any atom is -0.451 e. The number of halogens is 1. The summed E-state index contributed by atoms with van der Waals surface area (Å²) in [6, 6.07) is 8.64. The summed E-state index contributed by atoms with van der Waals surface area (Å²) in [4.78, 5) is 39.9. The molecule has 2 unspecified atom stereocenters. The Morgan fingerprint density at radius 2 is 2.12 bits per heavy atom. The second kappa shape index (κ2) is 10.8. The Balaban J connectivity index is 1.31. The number of anilines is 1. The van der Waals surface area contributed by atoms with Crippen LogP contribution in [0.5, 0.6) is 11.5 Å². The van der Waals surface area contributed by atoms with Crippen molar-refractivity contribution in [1.82, 2.24) is 24.8 Å². The van der Waals surface area contributed by atoms with Crippen molar-refractivity contribution in [2.75, 3.05) is 38.1 Å². The Morgan fingerprint density at radius 1 is 1.23 bits per heavy atom. The van der Waals surface area contributed by atoms with Crippen LogP contribution in [0, 0.1) is 17.1 Å². The number of hydrogen-bond acceptors (Lipinski definition) is 8. The van der Waals surface area contributed by atoms with E-state index in [1.54, 1.807) is 41.4 Å². The Kier molecular flexibility index (Phi) is 6.78. The SMILES string of the molecule is CN1CCCC1CCNC(=O)c1cn2c3c(c(N4CCC(c5cnccn5)C4)c(F)cc3c1=O)Oc1ccc(C#N)cc1-2. The number of carbonyl (C=O) groups excluding carboxylic acids is 1. The predicted molar refractivity (Wildman–Crippen MR) is 158 cm³/mol. The van der Waals surface area contributed by atoms with E-state index in [0.717, 1.165) is 37.9 Å². The third kappa shape index (κ3) is 4.68. The summed E-state index contributed by atoms with van der Waals surface area (Å²) in [5.41, 5.74) is 1.66. The molecule has 1 N–H and O–H groups in total. The predicted octanol–water partition coefficient (Wildman–Crippen LogP) is 4.11. The summed E-state index contributed by atoms with van der Waals surface area (Å²) in [5, 5.41) is 12.5. The second-order valence-electron chi connectivity index (χ2n) is 11.5. The molecule has 1 amide bonds. The minimum absolute atomic E-state index is 0.0390. The molecule has 2 aromatic carbocycles. The van der Waals surface area contributed by atoms with Gasteiger partial charge in [-0.3, -0.25) is 19.6 Å². The number of carbonyl (C=O) groups is 1. The van der Waals surface area contributed by atoms with Crippen molar-refractivity contribution < 1.29 is 13.9 Å². The number of hydrogen-bond donors (Lipinski definition) is 1. The number of rotatable bonds is 6. The molecule has 3 aliphatic rings. The van der Waals surface area contributed by atoms with E-state index in [2.05, 4.69) is 33.3 Å². The van der Waals surface area contributed by atoms with E-state index in [4.69, 9.17) is 4.74 Å². The third-order valence-electron chi connectivity index (χ3n) is 8.92. The van der Waals surface area contributed by atoms with Gasteiger partial charge < -0.3 is 24.4 Å². The van der Waals surface area contributed by atoms with Gasteiger partial charge in [0.25, 0.3) is 5.91 Å². The first-order valence-corrected chi connectivity index (χ1v) is 14.6.